The van der Waals surface area contributed by atoms with E-state index in [1.54, 1.807) is 4.31 Å². The van der Waals surface area contributed by atoms with Gasteiger partial charge in [0.25, 0.3) is 0 Å². The molecule has 1 aliphatic heterocycles. The fourth-order valence-electron chi connectivity index (χ4n) is 2.29. The van der Waals surface area contributed by atoms with Crippen LogP contribution in [0.25, 0.3) is 0 Å². The summed E-state index contributed by atoms with van der Waals surface area (Å²) >= 11 is 0. The van der Waals surface area contributed by atoms with Gasteiger partial charge >= 0.3 is 0 Å². The minimum Gasteiger partial charge on any atom is -0.330 e. The maximum atomic E-state index is 12.2. The van der Waals surface area contributed by atoms with Gasteiger partial charge in [0.05, 0.1) is 5.75 Å². The van der Waals surface area contributed by atoms with Crippen LogP contribution in [0.15, 0.2) is 0 Å². The molecule has 0 spiro atoms. The molecular weight excluding hydrogens is 250 g/mol. The largest absolute Gasteiger partial charge is 0.330 e. The highest BCUT2D eigenvalue weighted by atomic mass is 32.2. The average Bonchev–Trinajstić information content (AvgIpc) is 2.50. The molecule has 0 atom stereocenters. The first-order valence-electron chi connectivity index (χ1n) is 6.86. The molecule has 0 aliphatic carbocycles. The lowest BCUT2D eigenvalue weighted by Gasteiger charge is -2.22. The Balaban J connectivity index is 2.51. The van der Waals surface area contributed by atoms with Crippen LogP contribution in [0.5, 0.6) is 0 Å². The summed E-state index contributed by atoms with van der Waals surface area (Å²) in [5, 5.41) is 0. The Kier molecular flexibility index (Phi) is 6.55. The molecule has 1 aliphatic rings. The van der Waals surface area contributed by atoms with Crippen LogP contribution in [-0.2, 0) is 10.0 Å². The number of rotatable bonds is 6. The zero-order chi connectivity index (χ0) is 13.6. The third kappa shape index (κ3) is 5.22. The molecule has 1 fully saturated rings. The second-order valence-electron chi connectivity index (χ2n) is 5.41. The van der Waals surface area contributed by atoms with Gasteiger partial charge in [-0.15, -0.1) is 0 Å². The van der Waals surface area contributed by atoms with Gasteiger partial charge in [-0.1, -0.05) is 13.8 Å². The van der Waals surface area contributed by atoms with Crippen molar-refractivity contribution >= 4 is 10.0 Å². The van der Waals surface area contributed by atoms with Crippen molar-refractivity contribution in [2.24, 2.45) is 11.7 Å². The molecule has 108 valence electrons. The Bertz CT molecular complexity index is 330. The Hall–Kier alpha value is -0.170. The fourth-order valence-corrected chi connectivity index (χ4v) is 4.11. The molecule has 0 radical (unpaired) electrons. The van der Waals surface area contributed by atoms with Gasteiger partial charge in [0.2, 0.25) is 10.0 Å². The van der Waals surface area contributed by atoms with E-state index < -0.39 is 10.0 Å². The fraction of sp³-hybridized carbons (Fsp3) is 1.00. The van der Waals surface area contributed by atoms with Crippen molar-refractivity contribution in [3.63, 3.8) is 0 Å². The SMILES string of the molecule is CC(C)CS(=O)(=O)N1CCCN(CCCN)CC1. The highest BCUT2D eigenvalue weighted by Crippen LogP contribution is 2.11. The maximum absolute atomic E-state index is 12.2. The minimum absolute atomic E-state index is 0.187. The normalized spacial score (nSPS) is 20.2. The van der Waals surface area contributed by atoms with Crippen LogP contribution in [0.4, 0.5) is 0 Å². The van der Waals surface area contributed by atoms with Crippen LogP contribution >= 0.6 is 0 Å². The van der Waals surface area contributed by atoms with E-state index in [1.807, 2.05) is 13.8 Å². The molecule has 6 heteroatoms. The summed E-state index contributed by atoms with van der Waals surface area (Å²) in [4.78, 5) is 2.32. The smallest absolute Gasteiger partial charge is 0.214 e. The molecule has 0 unspecified atom stereocenters. The predicted molar refractivity (Wildman–Crippen MR) is 74.9 cm³/mol. The second kappa shape index (κ2) is 7.43. The monoisotopic (exact) mass is 277 g/mol. The Morgan fingerprint density at radius 1 is 1.17 bits per heavy atom. The number of hydrogen-bond acceptors (Lipinski definition) is 4. The minimum atomic E-state index is -3.07. The van der Waals surface area contributed by atoms with Gasteiger partial charge in [0, 0.05) is 19.6 Å². The molecular formula is C12H27N3O2S. The third-order valence-corrected chi connectivity index (χ3v) is 5.40. The highest BCUT2D eigenvalue weighted by Gasteiger charge is 2.25. The van der Waals surface area contributed by atoms with Crippen LogP contribution < -0.4 is 5.73 Å². The molecule has 18 heavy (non-hydrogen) atoms. The van der Waals surface area contributed by atoms with Crippen molar-refractivity contribution in [3.8, 4) is 0 Å². The van der Waals surface area contributed by atoms with E-state index in [-0.39, 0.29) is 11.7 Å². The van der Waals surface area contributed by atoms with E-state index in [2.05, 4.69) is 4.90 Å². The predicted octanol–water partition coefficient (Wildman–Crippen LogP) is 0.329. The topological polar surface area (TPSA) is 66.6 Å². The van der Waals surface area contributed by atoms with Gasteiger partial charge in [0.15, 0.2) is 0 Å². The summed E-state index contributed by atoms with van der Waals surface area (Å²) < 4.78 is 26.0. The second-order valence-corrected chi connectivity index (χ2v) is 7.42. The van der Waals surface area contributed by atoms with Crippen LogP contribution in [0, 0.1) is 5.92 Å². The first kappa shape index (κ1) is 15.9. The molecule has 1 saturated heterocycles. The Morgan fingerprint density at radius 3 is 2.50 bits per heavy atom. The van der Waals surface area contributed by atoms with Gasteiger partial charge in [-0.3, -0.25) is 0 Å². The zero-order valence-electron chi connectivity index (χ0n) is 11.6. The van der Waals surface area contributed by atoms with E-state index >= 15 is 0 Å². The van der Waals surface area contributed by atoms with Gasteiger partial charge in [-0.2, -0.15) is 0 Å². The van der Waals surface area contributed by atoms with Crippen molar-refractivity contribution in [2.45, 2.75) is 26.7 Å². The Morgan fingerprint density at radius 2 is 1.89 bits per heavy atom. The molecule has 0 aromatic carbocycles. The van der Waals surface area contributed by atoms with Crippen molar-refractivity contribution in [1.29, 1.82) is 0 Å². The van der Waals surface area contributed by atoms with Gasteiger partial charge in [-0.25, -0.2) is 12.7 Å². The summed E-state index contributed by atoms with van der Waals surface area (Å²) in [6, 6.07) is 0. The van der Waals surface area contributed by atoms with E-state index in [4.69, 9.17) is 5.73 Å². The maximum Gasteiger partial charge on any atom is 0.214 e. The molecule has 0 bridgehead atoms. The van der Waals surface area contributed by atoms with E-state index in [0.717, 1.165) is 32.5 Å². The molecule has 2 N–H and O–H groups in total. The molecule has 1 rings (SSSR count). The van der Waals surface area contributed by atoms with Crippen LogP contribution in [0.3, 0.4) is 0 Å². The van der Waals surface area contributed by atoms with E-state index in [1.165, 1.54) is 0 Å². The summed E-state index contributed by atoms with van der Waals surface area (Å²) in [5.41, 5.74) is 5.50. The molecule has 0 aromatic heterocycles. The molecule has 1 heterocycles. The van der Waals surface area contributed by atoms with Gasteiger partial charge in [0.1, 0.15) is 0 Å². The first-order chi connectivity index (χ1) is 8.45. The van der Waals surface area contributed by atoms with Crippen LogP contribution in [0.2, 0.25) is 0 Å². The number of nitrogens with two attached hydrogens (primary N) is 1. The number of hydrogen-bond donors (Lipinski definition) is 1. The lowest BCUT2D eigenvalue weighted by atomic mass is 10.3. The van der Waals surface area contributed by atoms with E-state index in [0.29, 0.717) is 19.6 Å². The summed E-state index contributed by atoms with van der Waals surface area (Å²) in [6.45, 7) is 8.67. The average molecular weight is 277 g/mol. The highest BCUT2D eigenvalue weighted by molar-refractivity contribution is 7.89. The van der Waals surface area contributed by atoms with E-state index in [9.17, 15) is 8.42 Å². The summed E-state index contributed by atoms with van der Waals surface area (Å²) in [5.74, 6) is 0.446. The molecule has 0 aromatic rings. The molecule has 5 nitrogen and oxygen atoms in total. The van der Waals surface area contributed by atoms with Crippen molar-refractivity contribution in [2.75, 3.05) is 45.0 Å². The standard InChI is InChI=1S/C12H27N3O2S/c1-12(2)11-18(16,17)15-8-4-7-14(9-10-15)6-3-5-13/h12H,3-11,13H2,1-2H3. The number of nitrogens with zero attached hydrogens (tertiary/aromatic N) is 2. The third-order valence-electron chi connectivity index (χ3n) is 3.16. The Labute approximate surface area is 111 Å². The van der Waals surface area contributed by atoms with Crippen molar-refractivity contribution in [1.82, 2.24) is 9.21 Å². The number of sulfonamides is 1. The van der Waals surface area contributed by atoms with Gasteiger partial charge in [-0.05, 0) is 38.4 Å². The van der Waals surface area contributed by atoms with Crippen molar-refractivity contribution < 1.29 is 8.42 Å². The first-order valence-corrected chi connectivity index (χ1v) is 8.47. The summed E-state index contributed by atoms with van der Waals surface area (Å²) in [7, 11) is -3.07. The lowest BCUT2D eigenvalue weighted by molar-refractivity contribution is 0.284. The zero-order valence-corrected chi connectivity index (χ0v) is 12.5. The molecule has 0 saturated carbocycles. The lowest BCUT2D eigenvalue weighted by Crippen LogP contribution is -2.37. The van der Waals surface area contributed by atoms with Crippen molar-refractivity contribution in [3.05, 3.63) is 0 Å². The van der Waals surface area contributed by atoms with Crippen LogP contribution in [-0.4, -0.2) is 62.6 Å². The summed E-state index contributed by atoms with van der Waals surface area (Å²) in [6.07, 6.45) is 1.90. The molecule has 0 amide bonds. The van der Waals surface area contributed by atoms with Gasteiger partial charge < -0.3 is 10.6 Å². The quantitative estimate of drug-likeness (QED) is 0.760. The van der Waals surface area contributed by atoms with Crippen LogP contribution in [0.1, 0.15) is 26.7 Å².